The fourth-order valence-electron chi connectivity index (χ4n) is 3.19. The number of piperidine rings is 1. The second-order valence-electron chi connectivity index (χ2n) is 5.90. The van der Waals surface area contributed by atoms with Crippen molar-refractivity contribution in [2.45, 2.75) is 39.2 Å². The van der Waals surface area contributed by atoms with E-state index < -0.39 is 0 Å². The Labute approximate surface area is 134 Å². The van der Waals surface area contributed by atoms with Gasteiger partial charge in [-0.3, -0.25) is 14.7 Å². The fraction of sp³-hybridized carbons (Fsp3) is 0.500. The molecule has 1 saturated heterocycles. The molecule has 0 aromatic carbocycles. The van der Waals surface area contributed by atoms with Gasteiger partial charge in [0.15, 0.2) is 0 Å². The van der Waals surface area contributed by atoms with Crippen molar-refractivity contribution in [3.05, 3.63) is 45.9 Å². The maximum atomic E-state index is 12.8. The number of H-pyrrole nitrogens is 1. The summed E-state index contributed by atoms with van der Waals surface area (Å²) in [7, 11) is 0. The maximum Gasteiger partial charge on any atom is 0.263 e. The van der Waals surface area contributed by atoms with Gasteiger partial charge in [0, 0.05) is 31.2 Å². The standard InChI is InChI=1S/C16H21N5O2/c1-3-21-11(2)6-7-13(16(21)23)15(22)20-8-4-5-12(9-20)14-17-10-18-19-14/h6-7,10,12H,3-5,8-9H2,1-2H3,(H,17,18,19)/t12-/m0/s1. The third kappa shape index (κ3) is 2.91. The van der Waals surface area contributed by atoms with E-state index in [1.807, 2.05) is 19.9 Å². The molecular weight excluding hydrogens is 294 g/mol. The quantitative estimate of drug-likeness (QED) is 0.925. The number of rotatable bonds is 3. The lowest BCUT2D eigenvalue weighted by Crippen LogP contribution is -2.42. The van der Waals surface area contributed by atoms with Crippen molar-refractivity contribution in [1.29, 1.82) is 0 Å². The van der Waals surface area contributed by atoms with Crippen LogP contribution < -0.4 is 5.56 Å². The van der Waals surface area contributed by atoms with E-state index in [4.69, 9.17) is 0 Å². The highest BCUT2D eigenvalue weighted by molar-refractivity contribution is 5.94. The Morgan fingerprint density at radius 2 is 2.26 bits per heavy atom. The van der Waals surface area contributed by atoms with E-state index in [0.29, 0.717) is 19.6 Å². The minimum atomic E-state index is -0.209. The Hall–Kier alpha value is -2.44. The van der Waals surface area contributed by atoms with Crippen molar-refractivity contribution in [2.24, 2.45) is 0 Å². The van der Waals surface area contributed by atoms with E-state index in [-0.39, 0.29) is 22.9 Å². The van der Waals surface area contributed by atoms with Crippen molar-refractivity contribution in [3.8, 4) is 0 Å². The number of nitrogens with zero attached hydrogens (tertiary/aromatic N) is 4. The molecule has 0 spiro atoms. The number of hydrogen-bond acceptors (Lipinski definition) is 4. The van der Waals surface area contributed by atoms with Gasteiger partial charge in [0.1, 0.15) is 17.7 Å². The van der Waals surface area contributed by atoms with Crippen LogP contribution in [0.3, 0.4) is 0 Å². The minimum Gasteiger partial charge on any atom is -0.338 e. The van der Waals surface area contributed by atoms with Crippen LogP contribution in [0.5, 0.6) is 0 Å². The number of carbonyl (C=O) groups is 1. The summed E-state index contributed by atoms with van der Waals surface area (Å²) in [5.41, 5.74) is 0.905. The summed E-state index contributed by atoms with van der Waals surface area (Å²) in [5.74, 6) is 0.757. The summed E-state index contributed by atoms with van der Waals surface area (Å²) in [6.45, 7) is 5.58. The Morgan fingerprint density at radius 1 is 1.43 bits per heavy atom. The average Bonchev–Trinajstić information content (AvgIpc) is 3.09. The third-order valence-corrected chi connectivity index (χ3v) is 4.47. The Balaban J connectivity index is 1.84. The van der Waals surface area contributed by atoms with Crippen LogP contribution in [0.25, 0.3) is 0 Å². The van der Waals surface area contributed by atoms with Crippen molar-refractivity contribution in [1.82, 2.24) is 24.6 Å². The van der Waals surface area contributed by atoms with Crippen LogP contribution in [0, 0.1) is 6.92 Å². The molecule has 1 aliphatic heterocycles. The van der Waals surface area contributed by atoms with Crippen LogP contribution in [-0.2, 0) is 6.54 Å². The van der Waals surface area contributed by atoms with Crippen LogP contribution in [-0.4, -0.2) is 43.6 Å². The van der Waals surface area contributed by atoms with Crippen molar-refractivity contribution in [3.63, 3.8) is 0 Å². The molecule has 7 heteroatoms. The zero-order valence-corrected chi connectivity index (χ0v) is 13.5. The van der Waals surface area contributed by atoms with Gasteiger partial charge in [-0.15, -0.1) is 0 Å². The zero-order valence-electron chi connectivity index (χ0n) is 13.5. The molecule has 0 aliphatic carbocycles. The summed E-state index contributed by atoms with van der Waals surface area (Å²) in [6.07, 6.45) is 3.34. The summed E-state index contributed by atoms with van der Waals surface area (Å²) < 4.78 is 1.63. The topological polar surface area (TPSA) is 83.9 Å². The SMILES string of the molecule is CCn1c(C)ccc(C(=O)N2CCC[C@H](c3ncn[nH]3)C2)c1=O. The van der Waals surface area contributed by atoms with Gasteiger partial charge in [-0.25, -0.2) is 4.98 Å². The van der Waals surface area contributed by atoms with Gasteiger partial charge in [0.25, 0.3) is 11.5 Å². The number of carbonyl (C=O) groups excluding carboxylic acids is 1. The van der Waals surface area contributed by atoms with Gasteiger partial charge >= 0.3 is 0 Å². The molecule has 2 aromatic heterocycles. The molecule has 1 N–H and O–H groups in total. The maximum absolute atomic E-state index is 12.8. The van der Waals surface area contributed by atoms with Gasteiger partial charge in [-0.1, -0.05) is 0 Å². The molecule has 1 fully saturated rings. The molecule has 7 nitrogen and oxygen atoms in total. The van der Waals surface area contributed by atoms with Crippen LogP contribution in [0.1, 0.15) is 47.6 Å². The molecular formula is C16H21N5O2. The molecule has 2 aromatic rings. The van der Waals surface area contributed by atoms with Gasteiger partial charge in [0.05, 0.1) is 0 Å². The van der Waals surface area contributed by atoms with E-state index in [9.17, 15) is 9.59 Å². The number of nitrogens with one attached hydrogen (secondary N) is 1. The molecule has 1 atom stereocenters. The highest BCUT2D eigenvalue weighted by Crippen LogP contribution is 2.24. The van der Waals surface area contributed by atoms with E-state index in [1.54, 1.807) is 15.5 Å². The summed E-state index contributed by atoms with van der Waals surface area (Å²) in [5, 5.41) is 6.76. The Bertz CT molecular complexity index is 750. The van der Waals surface area contributed by atoms with E-state index >= 15 is 0 Å². The van der Waals surface area contributed by atoms with E-state index in [2.05, 4.69) is 15.2 Å². The summed E-state index contributed by atoms with van der Waals surface area (Å²) in [6, 6.07) is 3.47. The molecule has 3 rings (SSSR count). The molecule has 1 aliphatic rings. The van der Waals surface area contributed by atoms with Crippen molar-refractivity contribution in [2.75, 3.05) is 13.1 Å². The second-order valence-corrected chi connectivity index (χ2v) is 5.90. The first-order valence-corrected chi connectivity index (χ1v) is 7.96. The number of likely N-dealkylation sites (tertiary alicyclic amines) is 1. The summed E-state index contributed by atoms with van der Waals surface area (Å²) in [4.78, 5) is 31.2. The monoisotopic (exact) mass is 315 g/mol. The first-order chi connectivity index (χ1) is 11.1. The average molecular weight is 315 g/mol. The van der Waals surface area contributed by atoms with Crippen LogP contribution in [0.4, 0.5) is 0 Å². The van der Waals surface area contributed by atoms with Crippen LogP contribution in [0.15, 0.2) is 23.3 Å². The highest BCUT2D eigenvalue weighted by atomic mass is 16.2. The molecule has 0 bridgehead atoms. The minimum absolute atomic E-state index is 0.147. The lowest BCUT2D eigenvalue weighted by Gasteiger charge is -2.31. The smallest absolute Gasteiger partial charge is 0.263 e. The fourth-order valence-corrected chi connectivity index (χ4v) is 3.19. The third-order valence-electron chi connectivity index (χ3n) is 4.47. The predicted molar refractivity (Wildman–Crippen MR) is 85.4 cm³/mol. The predicted octanol–water partition coefficient (Wildman–Crippen LogP) is 1.31. The number of pyridine rings is 1. The second kappa shape index (κ2) is 6.36. The molecule has 122 valence electrons. The lowest BCUT2D eigenvalue weighted by molar-refractivity contribution is 0.0702. The first kappa shape index (κ1) is 15.5. The highest BCUT2D eigenvalue weighted by Gasteiger charge is 2.28. The molecule has 23 heavy (non-hydrogen) atoms. The van der Waals surface area contributed by atoms with Gasteiger partial charge in [-0.2, -0.15) is 5.10 Å². The number of hydrogen-bond donors (Lipinski definition) is 1. The normalized spacial score (nSPS) is 18.2. The molecule has 0 radical (unpaired) electrons. The molecule has 0 unspecified atom stereocenters. The largest absolute Gasteiger partial charge is 0.338 e. The number of aromatic amines is 1. The number of aryl methyl sites for hydroxylation is 1. The van der Waals surface area contributed by atoms with Gasteiger partial charge < -0.3 is 9.47 Å². The van der Waals surface area contributed by atoms with Gasteiger partial charge in [-0.05, 0) is 38.8 Å². The van der Waals surface area contributed by atoms with Gasteiger partial charge in [0.2, 0.25) is 0 Å². The number of aromatic nitrogens is 4. The Morgan fingerprint density at radius 3 is 2.96 bits per heavy atom. The van der Waals surface area contributed by atoms with Crippen molar-refractivity contribution < 1.29 is 4.79 Å². The van der Waals surface area contributed by atoms with E-state index in [1.165, 1.54) is 6.33 Å². The zero-order chi connectivity index (χ0) is 16.4. The molecule has 1 amide bonds. The summed E-state index contributed by atoms with van der Waals surface area (Å²) >= 11 is 0. The van der Waals surface area contributed by atoms with Crippen LogP contribution >= 0.6 is 0 Å². The first-order valence-electron chi connectivity index (χ1n) is 7.96. The van der Waals surface area contributed by atoms with Crippen molar-refractivity contribution >= 4 is 5.91 Å². The molecule has 3 heterocycles. The lowest BCUT2D eigenvalue weighted by atomic mass is 9.97. The Kier molecular flexibility index (Phi) is 4.27. The molecule has 0 saturated carbocycles. The van der Waals surface area contributed by atoms with E-state index in [0.717, 1.165) is 24.4 Å². The number of amides is 1. The van der Waals surface area contributed by atoms with Crippen LogP contribution in [0.2, 0.25) is 0 Å².